The number of hydrogen-bond donors (Lipinski definition) is 2. The summed E-state index contributed by atoms with van der Waals surface area (Å²) in [5.41, 5.74) is 6.41. The maximum atomic E-state index is 13.3. The SMILES string of the molecule is Cc1nc(N2C[C@H]3C[C@H]3C2C(N)=O)ncc1-c1cc(C(F)(F)F)cc2[nH]ncc12. The van der Waals surface area contributed by atoms with E-state index in [-0.39, 0.29) is 11.4 Å². The van der Waals surface area contributed by atoms with E-state index in [0.717, 1.165) is 18.6 Å². The number of halogens is 3. The number of aromatic nitrogens is 4. The Bertz CT molecular complexity index is 1140. The summed E-state index contributed by atoms with van der Waals surface area (Å²) in [7, 11) is 0. The van der Waals surface area contributed by atoms with E-state index in [9.17, 15) is 18.0 Å². The van der Waals surface area contributed by atoms with Gasteiger partial charge in [0.2, 0.25) is 11.9 Å². The van der Waals surface area contributed by atoms with Gasteiger partial charge in [0, 0.05) is 23.7 Å². The lowest BCUT2D eigenvalue weighted by Crippen LogP contribution is -2.44. The predicted molar refractivity (Wildman–Crippen MR) is 98.8 cm³/mol. The maximum Gasteiger partial charge on any atom is 0.416 e. The molecule has 1 aliphatic heterocycles. The number of aromatic amines is 1. The summed E-state index contributed by atoms with van der Waals surface area (Å²) >= 11 is 0. The maximum absolute atomic E-state index is 13.3. The highest BCUT2D eigenvalue weighted by Crippen LogP contribution is 2.50. The third-order valence-corrected chi connectivity index (χ3v) is 5.84. The van der Waals surface area contributed by atoms with Crippen LogP contribution in [0.15, 0.2) is 24.5 Å². The summed E-state index contributed by atoms with van der Waals surface area (Å²) < 4.78 is 40.0. The van der Waals surface area contributed by atoms with Gasteiger partial charge in [-0.05, 0) is 42.9 Å². The van der Waals surface area contributed by atoms with E-state index in [0.29, 0.717) is 40.6 Å². The summed E-state index contributed by atoms with van der Waals surface area (Å²) in [6.07, 6.45) is -0.533. The van der Waals surface area contributed by atoms with Gasteiger partial charge in [-0.25, -0.2) is 9.97 Å². The fraction of sp³-hybridized carbons (Fsp3) is 0.368. The first-order valence-electron chi connectivity index (χ1n) is 9.18. The van der Waals surface area contributed by atoms with Crippen molar-refractivity contribution in [2.75, 3.05) is 11.4 Å². The normalized spacial score (nSPS) is 23.4. The molecule has 3 N–H and O–H groups in total. The number of benzene rings is 1. The topological polar surface area (TPSA) is 101 Å². The number of carbonyl (C=O) groups is 1. The Morgan fingerprint density at radius 1 is 1.28 bits per heavy atom. The number of amides is 1. The Labute approximate surface area is 163 Å². The number of nitrogens with one attached hydrogen (secondary N) is 1. The van der Waals surface area contributed by atoms with Crippen molar-refractivity contribution in [3.63, 3.8) is 0 Å². The quantitative estimate of drug-likeness (QED) is 0.702. The zero-order valence-corrected chi connectivity index (χ0v) is 15.4. The van der Waals surface area contributed by atoms with Crippen LogP contribution in [0.4, 0.5) is 19.1 Å². The number of nitrogens with two attached hydrogens (primary N) is 1. The Morgan fingerprint density at radius 3 is 2.76 bits per heavy atom. The van der Waals surface area contributed by atoms with Crippen molar-refractivity contribution in [2.24, 2.45) is 17.6 Å². The summed E-state index contributed by atoms with van der Waals surface area (Å²) in [6, 6.07) is 1.68. The molecule has 1 amide bonds. The number of carbonyl (C=O) groups excluding carboxylic acids is 1. The van der Waals surface area contributed by atoms with Crippen LogP contribution in [0.1, 0.15) is 17.7 Å². The molecule has 2 fully saturated rings. The third-order valence-electron chi connectivity index (χ3n) is 5.84. The Hall–Kier alpha value is -3.17. The number of hydrogen-bond acceptors (Lipinski definition) is 5. The first kappa shape index (κ1) is 17.9. The molecular weight excluding hydrogens is 385 g/mol. The van der Waals surface area contributed by atoms with E-state index >= 15 is 0 Å². The molecule has 2 aliphatic rings. The second-order valence-electron chi connectivity index (χ2n) is 7.68. The first-order chi connectivity index (χ1) is 13.7. The smallest absolute Gasteiger partial charge is 0.368 e. The van der Waals surface area contributed by atoms with Gasteiger partial charge in [0.05, 0.1) is 23.0 Å². The lowest BCUT2D eigenvalue weighted by atomic mass is 9.99. The van der Waals surface area contributed by atoms with Gasteiger partial charge in [0.25, 0.3) is 0 Å². The van der Waals surface area contributed by atoms with Gasteiger partial charge in [-0.2, -0.15) is 18.3 Å². The Kier molecular flexibility index (Phi) is 3.65. The van der Waals surface area contributed by atoms with Crippen LogP contribution in [-0.4, -0.2) is 38.7 Å². The van der Waals surface area contributed by atoms with E-state index in [4.69, 9.17) is 5.73 Å². The van der Waals surface area contributed by atoms with Crippen LogP contribution in [0.2, 0.25) is 0 Å². The van der Waals surface area contributed by atoms with Crippen LogP contribution < -0.4 is 10.6 Å². The average molecular weight is 402 g/mol. The van der Waals surface area contributed by atoms with Crippen molar-refractivity contribution >= 4 is 22.8 Å². The minimum absolute atomic E-state index is 0.241. The molecule has 1 aromatic carbocycles. The minimum atomic E-state index is -4.49. The highest BCUT2D eigenvalue weighted by atomic mass is 19.4. The molecule has 0 spiro atoms. The number of fused-ring (bicyclic) bond motifs is 2. The number of alkyl halides is 3. The first-order valence-corrected chi connectivity index (χ1v) is 9.18. The molecule has 7 nitrogen and oxygen atoms in total. The van der Waals surface area contributed by atoms with E-state index < -0.39 is 23.7 Å². The van der Waals surface area contributed by atoms with Gasteiger partial charge in [-0.15, -0.1) is 0 Å². The van der Waals surface area contributed by atoms with E-state index in [1.807, 2.05) is 0 Å². The van der Waals surface area contributed by atoms with Crippen molar-refractivity contribution in [2.45, 2.75) is 25.6 Å². The molecule has 0 bridgehead atoms. The molecule has 0 radical (unpaired) electrons. The van der Waals surface area contributed by atoms with Gasteiger partial charge >= 0.3 is 6.18 Å². The molecule has 1 unspecified atom stereocenters. The minimum Gasteiger partial charge on any atom is -0.368 e. The number of H-pyrrole nitrogens is 1. The molecule has 1 aliphatic carbocycles. The predicted octanol–water partition coefficient (Wildman–Crippen LogP) is 2.66. The molecule has 2 aromatic heterocycles. The van der Waals surface area contributed by atoms with Crippen LogP contribution in [0.25, 0.3) is 22.0 Å². The van der Waals surface area contributed by atoms with Crippen LogP contribution >= 0.6 is 0 Å². The molecule has 150 valence electrons. The van der Waals surface area contributed by atoms with E-state index in [2.05, 4.69) is 20.2 Å². The Balaban J connectivity index is 1.58. The second kappa shape index (κ2) is 5.91. The van der Waals surface area contributed by atoms with E-state index in [1.165, 1.54) is 12.4 Å². The van der Waals surface area contributed by atoms with Gasteiger partial charge in [0.1, 0.15) is 6.04 Å². The second-order valence-corrected chi connectivity index (χ2v) is 7.68. The molecule has 3 atom stereocenters. The molecule has 5 rings (SSSR count). The summed E-state index contributed by atoms with van der Waals surface area (Å²) in [5, 5.41) is 7.02. The summed E-state index contributed by atoms with van der Waals surface area (Å²) in [4.78, 5) is 22.5. The number of nitrogens with zero attached hydrogens (tertiary/aromatic N) is 4. The largest absolute Gasteiger partial charge is 0.416 e. The number of rotatable bonds is 3. The van der Waals surface area contributed by atoms with Crippen LogP contribution in [0.3, 0.4) is 0 Å². The summed E-state index contributed by atoms with van der Waals surface area (Å²) in [5.74, 6) is 0.631. The van der Waals surface area contributed by atoms with Gasteiger partial charge in [0.15, 0.2) is 0 Å². The van der Waals surface area contributed by atoms with Crippen LogP contribution in [-0.2, 0) is 11.0 Å². The molecule has 3 aromatic rings. The molecular formula is C19H17F3N6O. The van der Waals surface area contributed by atoms with Crippen molar-refractivity contribution in [1.29, 1.82) is 0 Å². The van der Waals surface area contributed by atoms with Crippen molar-refractivity contribution in [1.82, 2.24) is 20.2 Å². The van der Waals surface area contributed by atoms with Gasteiger partial charge < -0.3 is 10.6 Å². The zero-order chi connectivity index (χ0) is 20.5. The van der Waals surface area contributed by atoms with Crippen LogP contribution in [0.5, 0.6) is 0 Å². The molecule has 1 saturated carbocycles. The van der Waals surface area contributed by atoms with Crippen LogP contribution in [0, 0.1) is 18.8 Å². The summed E-state index contributed by atoms with van der Waals surface area (Å²) in [6.45, 7) is 2.37. The lowest BCUT2D eigenvalue weighted by Gasteiger charge is -2.25. The fourth-order valence-electron chi connectivity index (χ4n) is 4.33. The molecule has 10 heteroatoms. The number of aryl methyl sites for hydroxylation is 1. The van der Waals surface area contributed by atoms with Gasteiger partial charge in [-0.1, -0.05) is 0 Å². The standard InChI is InChI=1S/C19H17F3N6O/c1-8-13(12-3-10(19(20,21)22)4-15-14(12)6-25-27-15)5-24-18(26-8)28-7-9-2-11(9)16(28)17(23)29/h3-6,9,11,16H,2,7H2,1H3,(H2,23,29)(H,25,27)/t9-,11-,16?/m1/s1. The molecule has 1 saturated heterocycles. The number of anilines is 1. The number of primary amides is 1. The number of piperidine rings is 1. The monoisotopic (exact) mass is 402 g/mol. The average Bonchev–Trinajstić information content (AvgIpc) is 3.09. The molecule has 29 heavy (non-hydrogen) atoms. The Morgan fingerprint density at radius 2 is 2.07 bits per heavy atom. The molecule has 3 heterocycles. The van der Waals surface area contributed by atoms with Gasteiger partial charge in [-0.3, -0.25) is 9.89 Å². The van der Waals surface area contributed by atoms with Crippen molar-refractivity contribution in [3.05, 3.63) is 35.8 Å². The highest BCUT2D eigenvalue weighted by molar-refractivity contribution is 5.95. The van der Waals surface area contributed by atoms with E-state index in [1.54, 1.807) is 11.8 Å². The zero-order valence-electron chi connectivity index (χ0n) is 15.4. The van der Waals surface area contributed by atoms with Crippen molar-refractivity contribution in [3.8, 4) is 11.1 Å². The van der Waals surface area contributed by atoms with Crippen molar-refractivity contribution < 1.29 is 18.0 Å². The fourth-order valence-corrected chi connectivity index (χ4v) is 4.33. The highest BCUT2D eigenvalue weighted by Gasteiger charge is 2.55. The lowest BCUT2D eigenvalue weighted by molar-refractivity contribution is -0.137. The third kappa shape index (κ3) is 2.81.